The van der Waals surface area contributed by atoms with E-state index < -0.39 is 0 Å². The number of hydrogen-bond acceptors (Lipinski definition) is 4. The van der Waals surface area contributed by atoms with Crippen molar-refractivity contribution in [2.75, 3.05) is 19.6 Å². The third-order valence-electron chi connectivity index (χ3n) is 6.17. The third kappa shape index (κ3) is 5.28. The van der Waals surface area contributed by atoms with E-state index >= 15 is 0 Å². The van der Waals surface area contributed by atoms with Crippen molar-refractivity contribution in [3.05, 3.63) is 59.8 Å². The molecule has 0 radical (unpaired) electrons. The maximum absolute atomic E-state index is 13.3. The quantitative estimate of drug-likeness (QED) is 0.615. The molecule has 1 N–H and O–H groups in total. The number of nitrogens with zero attached hydrogens (tertiary/aromatic N) is 3. The zero-order valence-corrected chi connectivity index (χ0v) is 18.6. The number of carbonyl (C=O) groups is 1. The lowest BCUT2D eigenvalue weighted by molar-refractivity contribution is 0.0937. The molecule has 1 atom stereocenters. The second-order valence-corrected chi connectivity index (χ2v) is 8.66. The van der Waals surface area contributed by atoms with E-state index in [2.05, 4.69) is 22.1 Å². The monoisotopic (exact) mass is 416 g/mol. The van der Waals surface area contributed by atoms with Crippen LogP contribution in [-0.2, 0) is 0 Å². The maximum atomic E-state index is 13.3. The Morgan fingerprint density at radius 2 is 1.87 bits per heavy atom. The fourth-order valence-corrected chi connectivity index (χ4v) is 4.33. The number of carbonyl (C=O) groups excluding carboxylic acids is 1. The summed E-state index contributed by atoms with van der Waals surface area (Å²) in [6.45, 7) is 7.54. The normalized spacial score (nSPS) is 16.1. The van der Waals surface area contributed by atoms with E-state index in [-0.39, 0.29) is 11.9 Å². The number of para-hydroxylation sites is 1. The van der Waals surface area contributed by atoms with Crippen molar-refractivity contribution in [2.24, 2.45) is 0 Å². The first-order valence-electron chi connectivity index (χ1n) is 11.5. The van der Waals surface area contributed by atoms with Gasteiger partial charge in [-0.05, 0) is 70.0 Å². The van der Waals surface area contributed by atoms with Crippen molar-refractivity contribution in [3.63, 3.8) is 0 Å². The molecule has 0 aliphatic carbocycles. The smallest absolute Gasteiger partial charge is 0.252 e. The second kappa shape index (κ2) is 10.0. The van der Waals surface area contributed by atoms with Crippen molar-refractivity contribution < 1.29 is 4.79 Å². The Kier molecular flexibility index (Phi) is 6.92. The Labute approximate surface area is 184 Å². The van der Waals surface area contributed by atoms with E-state index in [0.717, 1.165) is 40.8 Å². The number of likely N-dealkylation sites (tertiary alicyclic amines) is 1. The van der Waals surface area contributed by atoms with Crippen molar-refractivity contribution in [1.29, 1.82) is 0 Å². The molecule has 0 spiro atoms. The first-order chi connectivity index (χ1) is 15.1. The molecule has 5 heteroatoms. The van der Waals surface area contributed by atoms with Crippen LogP contribution >= 0.6 is 0 Å². The molecule has 31 heavy (non-hydrogen) atoms. The summed E-state index contributed by atoms with van der Waals surface area (Å²) in [7, 11) is 0. The Morgan fingerprint density at radius 3 is 2.61 bits per heavy atom. The fourth-order valence-electron chi connectivity index (χ4n) is 4.33. The van der Waals surface area contributed by atoms with E-state index in [1.54, 1.807) is 6.20 Å². The van der Waals surface area contributed by atoms with Gasteiger partial charge in [-0.3, -0.25) is 9.78 Å². The number of pyridine rings is 2. The minimum atomic E-state index is -0.0430. The topological polar surface area (TPSA) is 58.1 Å². The molecule has 5 nitrogen and oxygen atoms in total. The highest BCUT2D eigenvalue weighted by atomic mass is 16.1. The molecule has 162 valence electrons. The lowest BCUT2D eigenvalue weighted by Crippen LogP contribution is -2.36. The summed E-state index contributed by atoms with van der Waals surface area (Å²) >= 11 is 0. The Morgan fingerprint density at radius 1 is 1.06 bits per heavy atom. The molecule has 1 aromatic carbocycles. The predicted octanol–water partition coefficient (Wildman–Crippen LogP) is 4.99. The molecule has 3 aromatic rings. The van der Waals surface area contributed by atoms with Crippen molar-refractivity contribution in [3.8, 4) is 11.4 Å². The van der Waals surface area contributed by atoms with Gasteiger partial charge in [0, 0.05) is 24.2 Å². The molecule has 0 bridgehead atoms. The van der Waals surface area contributed by atoms with Gasteiger partial charge >= 0.3 is 0 Å². The Hall–Kier alpha value is -2.79. The first-order valence-corrected chi connectivity index (χ1v) is 11.5. The van der Waals surface area contributed by atoms with Crippen LogP contribution in [0, 0.1) is 6.92 Å². The second-order valence-electron chi connectivity index (χ2n) is 8.66. The van der Waals surface area contributed by atoms with E-state index in [0.29, 0.717) is 5.56 Å². The number of aromatic nitrogens is 2. The number of rotatable bonds is 6. The fraction of sp³-hybridized carbons (Fsp3) is 0.423. The molecule has 1 amide bonds. The van der Waals surface area contributed by atoms with Crippen LogP contribution in [0.5, 0.6) is 0 Å². The summed E-state index contributed by atoms with van der Waals surface area (Å²) in [6.07, 6.45) is 7.98. The zero-order valence-electron chi connectivity index (χ0n) is 18.6. The van der Waals surface area contributed by atoms with Gasteiger partial charge in [-0.15, -0.1) is 0 Å². The molecule has 1 aliphatic rings. The van der Waals surface area contributed by atoms with Crippen LogP contribution < -0.4 is 5.32 Å². The van der Waals surface area contributed by atoms with Gasteiger partial charge in [0.05, 0.1) is 22.5 Å². The van der Waals surface area contributed by atoms with Crippen LogP contribution in [0.15, 0.2) is 48.7 Å². The highest BCUT2D eigenvalue weighted by Gasteiger charge is 2.18. The zero-order chi connectivity index (χ0) is 21.6. The van der Waals surface area contributed by atoms with E-state index in [4.69, 9.17) is 4.98 Å². The van der Waals surface area contributed by atoms with Crippen LogP contribution in [-0.4, -0.2) is 46.5 Å². The standard InChI is InChI=1S/C26H32N4O/c1-19-10-9-11-21-22(18-24(29-25(19)21)23-12-5-6-14-27-23)26(31)28-20(2)13-17-30-15-7-3-4-8-16-30/h5-6,9-12,14,18,20H,3-4,7-8,13,15-17H2,1-2H3,(H,28,31). The Balaban J connectivity index is 1.54. The van der Waals surface area contributed by atoms with Gasteiger partial charge in [-0.1, -0.05) is 37.1 Å². The van der Waals surface area contributed by atoms with Crippen LogP contribution in [0.2, 0.25) is 0 Å². The highest BCUT2D eigenvalue weighted by molar-refractivity contribution is 6.07. The summed E-state index contributed by atoms with van der Waals surface area (Å²) < 4.78 is 0. The number of hydrogen-bond donors (Lipinski definition) is 1. The lowest BCUT2D eigenvalue weighted by Gasteiger charge is -2.22. The lowest BCUT2D eigenvalue weighted by atomic mass is 10.0. The largest absolute Gasteiger partial charge is 0.350 e. The number of amides is 1. The SMILES string of the molecule is Cc1cccc2c(C(=O)NC(C)CCN3CCCCCC3)cc(-c3ccccn3)nc12. The Bertz CT molecular complexity index is 1030. The molecule has 4 rings (SSSR count). The van der Waals surface area contributed by atoms with E-state index in [1.807, 2.05) is 49.4 Å². The van der Waals surface area contributed by atoms with Gasteiger partial charge in [0.1, 0.15) is 0 Å². The molecular formula is C26H32N4O. The summed E-state index contributed by atoms with van der Waals surface area (Å²) in [5.74, 6) is -0.0430. The number of benzene rings is 1. The average Bonchev–Trinajstić information content (AvgIpc) is 3.07. The van der Waals surface area contributed by atoms with Gasteiger partial charge in [0.15, 0.2) is 0 Å². The highest BCUT2D eigenvalue weighted by Crippen LogP contribution is 2.26. The van der Waals surface area contributed by atoms with Crippen LogP contribution in [0.1, 0.15) is 54.9 Å². The number of nitrogens with one attached hydrogen (secondary N) is 1. The van der Waals surface area contributed by atoms with Gasteiger partial charge in [-0.2, -0.15) is 0 Å². The summed E-state index contributed by atoms with van der Waals surface area (Å²) in [5.41, 5.74) is 4.07. The molecule has 1 aliphatic heterocycles. The van der Waals surface area contributed by atoms with Crippen LogP contribution in [0.4, 0.5) is 0 Å². The molecule has 2 aromatic heterocycles. The molecular weight excluding hydrogens is 384 g/mol. The molecule has 3 heterocycles. The summed E-state index contributed by atoms with van der Waals surface area (Å²) in [6, 6.07) is 13.7. The number of fused-ring (bicyclic) bond motifs is 1. The summed E-state index contributed by atoms with van der Waals surface area (Å²) in [4.78, 5) is 25.1. The molecule has 1 unspecified atom stereocenters. The van der Waals surface area contributed by atoms with Crippen LogP contribution in [0.25, 0.3) is 22.3 Å². The summed E-state index contributed by atoms with van der Waals surface area (Å²) in [5, 5.41) is 4.11. The van der Waals surface area contributed by atoms with Gasteiger partial charge in [0.2, 0.25) is 0 Å². The van der Waals surface area contributed by atoms with E-state index in [1.165, 1.54) is 38.8 Å². The number of aryl methyl sites for hydroxylation is 1. The van der Waals surface area contributed by atoms with Crippen molar-refractivity contribution in [1.82, 2.24) is 20.2 Å². The minimum absolute atomic E-state index is 0.0430. The van der Waals surface area contributed by atoms with Crippen LogP contribution in [0.3, 0.4) is 0 Å². The third-order valence-corrected chi connectivity index (χ3v) is 6.17. The van der Waals surface area contributed by atoms with Gasteiger partial charge in [-0.25, -0.2) is 4.98 Å². The average molecular weight is 417 g/mol. The van der Waals surface area contributed by atoms with Gasteiger partial charge in [0.25, 0.3) is 5.91 Å². The molecule has 1 saturated heterocycles. The molecule has 0 saturated carbocycles. The predicted molar refractivity (Wildman–Crippen MR) is 126 cm³/mol. The van der Waals surface area contributed by atoms with E-state index in [9.17, 15) is 4.79 Å². The maximum Gasteiger partial charge on any atom is 0.252 e. The molecule has 1 fully saturated rings. The van der Waals surface area contributed by atoms with Crippen molar-refractivity contribution >= 4 is 16.8 Å². The van der Waals surface area contributed by atoms with Gasteiger partial charge < -0.3 is 10.2 Å². The first kappa shape index (κ1) is 21.4. The minimum Gasteiger partial charge on any atom is -0.350 e. The van der Waals surface area contributed by atoms with Crippen molar-refractivity contribution in [2.45, 2.75) is 52.0 Å².